The van der Waals surface area contributed by atoms with Gasteiger partial charge in [-0.25, -0.2) is 14.0 Å². The number of piperidine rings is 1. The van der Waals surface area contributed by atoms with Gasteiger partial charge in [0.1, 0.15) is 5.82 Å². The maximum absolute atomic E-state index is 12.8. The first-order valence-electron chi connectivity index (χ1n) is 8.80. The summed E-state index contributed by atoms with van der Waals surface area (Å²) in [6.07, 6.45) is 1.76. The van der Waals surface area contributed by atoms with E-state index < -0.39 is 0 Å². The highest BCUT2D eigenvalue weighted by molar-refractivity contribution is 7.17. The molecule has 6 nitrogen and oxygen atoms in total. The molecule has 2 aromatic heterocycles. The normalized spacial score (nSPS) is 17.3. The molecule has 0 bridgehead atoms. The summed E-state index contributed by atoms with van der Waals surface area (Å²) in [7, 11) is 1.66. The van der Waals surface area contributed by atoms with Gasteiger partial charge in [-0.05, 0) is 37.1 Å². The minimum atomic E-state index is -0.176. The first-order valence-corrected chi connectivity index (χ1v) is 10.00. The Bertz CT molecular complexity index is 1020. The van der Waals surface area contributed by atoms with E-state index in [9.17, 15) is 9.59 Å². The summed E-state index contributed by atoms with van der Waals surface area (Å²) in [5.41, 5.74) is 0.615. The number of aryl methyl sites for hydroxylation is 1. The SMILES string of the molecule is Cn1nc([C@@H]2CCCN(C(=O)c3ccc(Cl)s3)C2)n(-c2ccccc2)c1=O. The Hall–Kier alpha value is -2.38. The van der Waals surface area contributed by atoms with Gasteiger partial charge in [-0.2, -0.15) is 5.10 Å². The van der Waals surface area contributed by atoms with Crippen molar-refractivity contribution in [1.29, 1.82) is 0 Å². The molecule has 27 heavy (non-hydrogen) atoms. The van der Waals surface area contributed by atoms with Crippen molar-refractivity contribution in [2.45, 2.75) is 18.8 Å². The van der Waals surface area contributed by atoms with Crippen LogP contribution in [0.15, 0.2) is 47.3 Å². The molecule has 1 atom stereocenters. The van der Waals surface area contributed by atoms with Crippen molar-refractivity contribution in [3.63, 3.8) is 0 Å². The molecule has 3 heterocycles. The predicted molar refractivity (Wildman–Crippen MR) is 106 cm³/mol. The minimum Gasteiger partial charge on any atom is -0.337 e. The zero-order valence-corrected chi connectivity index (χ0v) is 16.4. The lowest BCUT2D eigenvalue weighted by Crippen LogP contribution is -2.39. The second kappa shape index (κ2) is 7.32. The second-order valence-electron chi connectivity index (χ2n) is 6.63. The maximum atomic E-state index is 12.8. The van der Waals surface area contributed by atoms with Crippen molar-refractivity contribution in [3.05, 3.63) is 68.0 Å². The Kier molecular flexibility index (Phi) is 4.88. The zero-order chi connectivity index (χ0) is 19.0. The van der Waals surface area contributed by atoms with Crippen molar-refractivity contribution in [2.24, 2.45) is 7.05 Å². The third kappa shape index (κ3) is 3.44. The molecule has 0 saturated carbocycles. The quantitative estimate of drug-likeness (QED) is 0.675. The Morgan fingerprint density at radius 3 is 2.70 bits per heavy atom. The van der Waals surface area contributed by atoms with Crippen molar-refractivity contribution < 1.29 is 4.79 Å². The van der Waals surface area contributed by atoms with Crippen LogP contribution in [0.1, 0.15) is 34.3 Å². The molecule has 1 saturated heterocycles. The molecule has 0 N–H and O–H groups in total. The fourth-order valence-electron chi connectivity index (χ4n) is 3.53. The molecule has 0 spiro atoms. The van der Waals surface area contributed by atoms with Crippen LogP contribution in [0.4, 0.5) is 0 Å². The number of aromatic nitrogens is 3. The number of benzene rings is 1. The summed E-state index contributed by atoms with van der Waals surface area (Å²) < 4.78 is 3.62. The fourth-order valence-corrected chi connectivity index (χ4v) is 4.54. The number of thiophene rings is 1. The van der Waals surface area contributed by atoms with Crippen LogP contribution in [0.25, 0.3) is 5.69 Å². The van der Waals surface area contributed by atoms with E-state index in [1.807, 2.05) is 35.2 Å². The van der Waals surface area contributed by atoms with E-state index >= 15 is 0 Å². The third-order valence-electron chi connectivity index (χ3n) is 4.82. The number of carbonyl (C=O) groups excluding carboxylic acids is 1. The molecule has 140 valence electrons. The standard InChI is InChI=1S/C19H19ClN4O2S/c1-22-19(26)24(14-7-3-2-4-8-14)17(21-22)13-6-5-11-23(12-13)18(25)15-9-10-16(20)27-15/h2-4,7-10,13H,5-6,11-12H2,1H3/t13-/m1/s1. The number of carbonyl (C=O) groups is 1. The van der Waals surface area contributed by atoms with E-state index in [0.29, 0.717) is 28.1 Å². The van der Waals surface area contributed by atoms with Crippen LogP contribution in [-0.2, 0) is 7.05 Å². The van der Waals surface area contributed by atoms with Gasteiger partial charge in [0, 0.05) is 26.1 Å². The highest BCUT2D eigenvalue weighted by atomic mass is 35.5. The monoisotopic (exact) mass is 402 g/mol. The molecular formula is C19H19ClN4O2S. The summed E-state index contributed by atoms with van der Waals surface area (Å²) in [6.45, 7) is 1.24. The summed E-state index contributed by atoms with van der Waals surface area (Å²) >= 11 is 7.27. The Balaban J connectivity index is 1.65. The van der Waals surface area contributed by atoms with Gasteiger partial charge in [-0.3, -0.25) is 4.79 Å². The number of rotatable bonds is 3. The molecule has 1 fully saturated rings. The van der Waals surface area contributed by atoms with Gasteiger partial charge in [-0.1, -0.05) is 29.8 Å². The lowest BCUT2D eigenvalue weighted by atomic mass is 9.96. The van der Waals surface area contributed by atoms with Crippen LogP contribution in [0, 0.1) is 0 Å². The van der Waals surface area contributed by atoms with Gasteiger partial charge < -0.3 is 4.90 Å². The molecular weight excluding hydrogens is 384 g/mol. The summed E-state index contributed by atoms with van der Waals surface area (Å²) in [5.74, 6) is 0.698. The summed E-state index contributed by atoms with van der Waals surface area (Å²) in [4.78, 5) is 27.9. The molecule has 1 amide bonds. The van der Waals surface area contributed by atoms with Crippen LogP contribution < -0.4 is 5.69 Å². The van der Waals surface area contributed by atoms with E-state index in [1.54, 1.807) is 23.7 Å². The van der Waals surface area contributed by atoms with Crippen molar-refractivity contribution in [2.75, 3.05) is 13.1 Å². The van der Waals surface area contributed by atoms with Gasteiger partial charge in [0.2, 0.25) is 0 Å². The number of amides is 1. The summed E-state index contributed by atoms with van der Waals surface area (Å²) in [6, 6.07) is 13.0. The number of hydrogen-bond donors (Lipinski definition) is 0. The molecule has 1 aromatic carbocycles. The molecule has 4 rings (SSSR count). The number of halogens is 1. The first-order chi connectivity index (χ1) is 13.0. The van der Waals surface area contributed by atoms with Crippen LogP contribution >= 0.6 is 22.9 Å². The van der Waals surface area contributed by atoms with Gasteiger partial charge in [0.25, 0.3) is 5.91 Å². The van der Waals surface area contributed by atoms with Crippen molar-refractivity contribution >= 4 is 28.8 Å². The molecule has 0 radical (unpaired) electrons. The van der Waals surface area contributed by atoms with Crippen LogP contribution in [0.2, 0.25) is 4.34 Å². The first kappa shape index (κ1) is 18.0. The number of nitrogens with zero attached hydrogens (tertiary/aromatic N) is 4. The van der Waals surface area contributed by atoms with Gasteiger partial charge in [0.05, 0.1) is 14.9 Å². The average molecular weight is 403 g/mol. The maximum Gasteiger partial charge on any atom is 0.350 e. The van der Waals surface area contributed by atoms with Crippen LogP contribution in [-0.4, -0.2) is 38.2 Å². The van der Waals surface area contributed by atoms with E-state index in [0.717, 1.165) is 18.5 Å². The van der Waals surface area contributed by atoms with Crippen molar-refractivity contribution in [1.82, 2.24) is 19.2 Å². The molecule has 8 heteroatoms. The largest absolute Gasteiger partial charge is 0.350 e. The van der Waals surface area contributed by atoms with Crippen LogP contribution in [0.5, 0.6) is 0 Å². The van der Waals surface area contributed by atoms with E-state index in [1.165, 1.54) is 16.0 Å². The predicted octanol–water partition coefficient (Wildman–Crippen LogP) is 3.31. The molecule has 1 aliphatic rings. The Morgan fingerprint density at radius 1 is 1.22 bits per heavy atom. The van der Waals surface area contributed by atoms with Gasteiger partial charge in [0.15, 0.2) is 0 Å². The molecule has 3 aromatic rings. The zero-order valence-electron chi connectivity index (χ0n) is 14.8. The Labute approximate surface area is 165 Å². The Morgan fingerprint density at radius 2 is 2.00 bits per heavy atom. The number of likely N-dealkylation sites (tertiary alicyclic amines) is 1. The molecule has 1 aliphatic heterocycles. The second-order valence-corrected chi connectivity index (χ2v) is 8.34. The van der Waals surface area contributed by atoms with E-state index in [4.69, 9.17) is 11.6 Å². The number of hydrogen-bond acceptors (Lipinski definition) is 4. The van der Waals surface area contributed by atoms with Gasteiger partial charge >= 0.3 is 5.69 Å². The van der Waals surface area contributed by atoms with E-state index in [2.05, 4.69) is 5.10 Å². The lowest BCUT2D eigenvalue weighted by Gasteiger charge is -2.32. The summed E-state index contributed by atoms with van der Waals surface area (Å²) in [5, 5.41) is 4.49. The van der Waals surface area contributed by atoms with E-state index in [-0.39, 0.29) is 17.5 Å². The average Bonchev–Trinajstić information content (AvgIpc) is 3.25. The van der Waals surface area contributed by atoms with Crippen molar-refractivity contribution in [3.8, 4) is 5.69 Å². The number of para-hydroxylation sites is 1. The third-order valence-corrected chi connectivity index (χ3v) is 6.04. The minimum absolute atomic E-state index is 0.00670. The topological polar surface area (TPSA) is 60.1 Å². The highest BCUT2D eigenvalue weighted by Gasteiger charge is 2.30. The highest BCUT2D eigenvalue weighted by Crippen LogP contribution is 2.29. The molecule has 0 aliphatic carbocycles. The molecule has 0 unspecified atom stereocenters. The van der Waals surface area contributed by atoms with Crippen LogP contribution in [0.3, 0.4) is 0 Å². The fraction of sp³-hybridized carbons (Fsp3) is 0.316. The smallest absolute Gasteiger partial charge is 0.337 e. The lowest BCUT2D eigenvalue weighted by molar-refractivity contribution is 0.0708. The van der Waals surface area contributed by atoms with Gasteiger partial charge in [-0.15, -0.1) is 11.3 Å².